The highest BCUT2D eigenvalue weighted by molar-refractivity contribution is 5.82. The molecule has 1 aliphatic heterocycles. The van der Waals surface area contributed by atoms with Gasteiger partial charge in [0.25, 0.3) is 0 Å². The van der Waals surface area contributed by atoms with Gasteiger partial charge in [0.2, 0.25) is 0 Å². The Morgan fingerprint density at radius 3 is 2.53 bits per heavy atom. The van der Waals surface area contributed by atoms with Gasteiger partial charge in [-0.25, -0.2) is 9.59 Å². The Balaban J connectivity index is 2.09. The zero-order valence-corrected chi connectivity index (χ0v) is 12.1. The van der Waals surface area contributed by atoms with Crippen molar-refractivity contribution in [2.75, 3.05) is 6.61 Å². The Morgan fingerprint density at radius 1 is 1.26 bits per heavy atom. The SMILES string of the molecule is CCOC(=O)[C@@H]1CCC2CC2N1C(=O)OC(C)(C)C. The fourth-order valence-corrected chi connectivity index (χ4v) is 2.67. The highest BCUT2D eigenvalue weighted by atomic mass is 16.6. The van der Waals surface area contributed by atoms with E-state index in [0.717, 1.165) is 12.8 Å². The van der Waals surface area contributed by atoms with Gasteiger partial charge in [0.15, 0.2) is 0 Å². The number of piperidine rings is 1. The van der Waals surface area contributed by atoms with E-state index in [1.807, 2.05) is 20.8 Å². The molecule has 0 radical (unpaired) electrons. The number of rotatable bonds is 2. The molecule has 2 fully saturated rings. The molecule has 5 heteroatoms. The van der Waals surface area contributed by atoms with Crippen molar-refractivity contribution in [2.45, 2.75) is 64.6 Å². The normalized spacial score (nSPS) is 29.5. The summed E-state index contributed by atoms with van der Waals surface area (Å²) in [5, 5.41) is 0. The van der Waals surface area contributed by atoms with Crippen LogP contribution in [0, 0.1) is 5.92 Å². The first-order valence-corrected chi connectivity index (χ1v) is 7.01. The third-order valence-corrected chi connectivity index (χ3v) is 3.55. The van der Waals surface area contributed by atoms with Crippen LogP contribution in [0.15, 0.2) is 0 Å². The zero-order valence-electron chi connectivity index (χ0n) is 12.1. The van der Waals surface area contributed by atoms with Crippen molar-refractivity contribution in [1.29, 1.82) is 0 Å². The summed E-state index contributed by atoms with van der Waals surface area (Å²) in [6.45, 7) is 7.61. The fourth-order valence-electron chi connectivity index (χ4n) is 2.67. The molecule has 1 saturated heterocycles. The summed E-state index contributed by atoms with van der Waals surface area (Å²) in [7, 11) is 0. The molecule has 108 valence electrons. The lowest BCUT2D eigenvalue weighted by Gasteiger charge is -2.35. The molecule has 5 nitrogen and oxygen atoms in total. The van der Waals surface area contributed by atoms with Gasteiger partial charge in [0.1, 0.15) is 11.6 Å². The van der Waals surface area contributed by atoms with Gasteiger partial charge in [-0.3, -0.25) is 4.90 Å². The van der Waals surface area contributed by atoms with Crippen molar-refractivity contribution in [3.63, 3.8) is 0 Å². The van der Waals surface area contributed by atoms with Crippen LogP contribution in [0.5, 0.6) is 0 Å². The lowest BCUT2D eigenvalue weighted by Crippen LogP contribution is -2.51. The number of carbonyl (C=O) groups is 2. The first-order valence-electron chi connectivity index (χ1n) is 7.01. The zero-order chi connectivity index (χ0) is 14.2. The summed E-state index contributed by atoms with van der Waals surface area (Å²) < 4.78 is 10.5. The molecule has 0 spiro atoms. The Hall–Kier alpha value is -1.26. The van der Waals surface area contributed by atoms with Crippen LogP contribution < -0.4 is 0 Å². The number of hydrogen-bond acceptors (Lipinski definition) is 4. The molecule has 19 heavy (non-hydrogen) atoms. The van der Waals surface area contributed by atoms with E-state index in [2.05, 4.69) is 0 Å². The standard InChI is InChI=1S/C14H23NO4/c1-5-18-12(16)10-7-6-9-8-11(9)15(10)13(17)19-14(2,3)4/h9-11H,5-8H2,1-4H3/t9?,10-,11?/m0/s1. The average molecular weight is 269 g/mol. The van der Waals surface area contributed by atoms with Crippen molar-refractivity contribution in [1.82, 2.24) is 4.90 Å². The first-order chi connectivity index (χ1) is 8.83. The van der Waals surface area contributed by atoms with Crippen LogP contribution in [0.25, 0.3) is 0 Å². The quantitative estimate of drug-likeness (QED) is 0.722. The van der Waals surface area contributed by atoms with E-state index in [1.165, 1.54) is 0 Å². The maximum atomic E-state index is 12.3. The molecule has 0 bridgehead atoms. The van der Waals surface area contributed by atoms with E-state index in [1.54, 1.807) is 11.8 Å². The molecule has 0 aromatic carbocycles. The molecular formula is C14H23NO4. The van der Waals surface area contributed by atoms with Gasteiger partial charge in [-0.1, -0.05) is 0 Å². The van der Waals surface area contributed by atoms with Gasteiger partial charge in [0, 0.05) is 6.04 Å². The van der Waals surface area contributed by atoms with Crippen LogP contribution in [0.2, 0.25) is 0 Å². The molecule has 2 aliphatic rings. The summed E-state index contributed by atoms with van der Waals surface area (Å²) in [6.07, 6.45) is 2.26. The number of likely N-dealkylation sites (tertiary alicyclic amines) is 1. The number of esters is 1. The minimum Gasteiger partial charge on any atom is -0.464 e. The Kier molecular flexibility index (Phi) is 3.74. The van der Waals surface area contributed by atoms with Gasteiger partial charge < -0.3 is 9.47 Å². The van der Waals surface area contributed by atoms with Crippen LogP contribution in [0.1, 0.15) is 47.0 Å². The Morgan fingerprint density at radius 2 is 1.95 bits per heavy atom. The topological polar surface area (TPSA) is 55.8 Å². The summed E-state index contributed by atoms with van der Waals surface area (Å²) >= 11 is 0. The fraction of sp³-hybridized carbons (Fsp3) is 0.857. The maximum Gasteiger partial charge on any atom is 0.411 e. The molecule has 1 aliphatic carbocycles. The van der Waals surface area contributed by atoms with Crippen molar-refractivity contribution in [2.24, 2.45) is 5.92 Å². The van der Waals surface area contributed by atoms with Crippen LogP contribution >= 0.6 is 0 Å². The summed E-state index contributed by atoms with van der Waals surface area (Å²) in [6, 6.07) is -0.309. The second-order valence-corrected chi connectivity index (χ2v) is 6.30. The molecule has 1 saturated carbocycles. The lowest BCUT2D eigenvalue weighted by atomic mass is 10.0. The predicted molar refractivity (Wildman–Crippen MR) is 69.6 cm³/mol. The third kappa shape index (κ3) is 3.19. The van der Waals surface area contributed by atoms with E-state index in [-0.39, 0.29) is 12.0 Å². The number of nitrogens with zero attached hydrogens (tertiary/aromatic N) is 1. The van der Waals surface area contributed by atoms with Crippen molar-refractivity contribution < 1.29 is 19.1 Å². The molecule has 0 N–H and O–H groups in total. The Bertz CT molecular complexity index is 374. The monoisotopic (exact) mass is 269 g/mol. The van der Waals surface area contributed by atoms with Crippen molar-refractivity contribution >= 4 is 12.1 Å². The smallest absolute Gasteiger partial charge is 0.411 e. The molecule has 0 aromatic heterocycles. The van der Waals surface area contributed by atoms with Crippen LogP contribution in [-0.2, 0) is 14.3 Å². The van der Waals surface area contributed by atoms with E-state index in [4.69, 9.17) is 9.47 Å². The molecule has 1 heterocycles. The van der Waals surface area contributed by atoms with Gasteiger partial charge >= 0.3 is 12.1 Å². The van der Waals surface area contributed by atoms with E-state index in [0.29, 0.717) is 18.9 Å². The van der Waals surface area contributed by atoms with Crippen molar-refractivity contribution in [3.8, 4) is 0 Å². The number of ether oxygens (including phenoxy) is 2. The number of hydrogen-bond donors (Lipinski definition) is 0. The van der Waals surface area contributed by atoms with Crippen LogP contribution in [-0.4, -0.2) is 41.3 Å². The molecular weight excluding hydrogens is 246 g/mol. The number of carbonyl (C=O) groups excluding carboxylic acids is 2. The van der Waals surface area contributed by atoms with E-state index < -0.39 is 17.7 Å². The molecule has 0 aromatic rings. The second-order valence-electron chi connectivity index (χ2n) is 6.30. The molecule has 2 rings (SSSR count). The maximum absolute atomic E-state index is 12.3. The van der Waals surface area contributed by atoms with E-state index >= 15 is 0 Å². The summed E-state index contributed by atoms with van der Waals surface area (Å²) in [4.78, 5) is 25.8. The number of fused-ring (bicyclic) bond motifs is 1. The van der Waals surface area contributed by atoms with Crippen LogP contribution in [0.3, 0.4) is 0 Å². The predicted octanol–water partition coefficient (Wildman–Crippen LogP) is 2.34. The highest BCUT2D eigenvalue weighted by Gasteiger charge is 2.53. The van der Waals surface area contributed by atoms with Crippen LogP contribution in [0.4, 0.5) is 4.79 Å². The summed E-state index contributed by atoms with van der Waals surface area (Å²) in [5.74, 6) is 0.233. The Labute approximate surface area is 114 Å². The minimum atomic E-state index is -0.544. The molecule has 2 unspecified atom stereocenters. The third-order valence-electron chi connectivity index (χ3n) is 3.55. The largest absolute Gasteiger partial charge is 0.464 e. The van der Waals surface area contributed by atoms with Crippen molar-refractivity contribution in [3.05, 3.63) is 0 Å². The molecule has 3 atom stereocenters. The van der Waals surface area contributed by atoms with Gasteiger partial charge in [0.05, 0.1) is 6.61 Å². The lowest BCUT2D eigenvalue weighted by molar-refractivity contribution is -0.150. The number of amides is 1. The highest BCUT2D eigenvalue weighted by Crippen LogP contribution is 2.46. The first kappa shape index (κ1) is 14.2. The van der Waals surface area contributed by atoms with Gasteiger partial charge in [-0.15, -0.1) is 0 Å². The van der Waals surface area contributed by atoms with E-state index in [9.17, 15) is 9.59 Å². The minimum absolute atomic E-state index is 0.165. The molecule has 1 amide bonds. The van der Waals surface area contributed by atoms with Gasteiger partial charge in [-0.05, 0) is 52.9 Å². The van der Waals surface area contributed by atoms with Gasteiger partial charge in [-0.2, -0.15) is 0 Å². The average Bonchev–Trinajstić information content (AvgIpc) is 3.04. The second kappa shape index (κ2) is 5.02. The summed E-state index contributed by atoms with van der Waals surface area (Å²) in [5.41, 5.74) is -0.544.